The number of carbonyl (C=O) groups excluding carboxylic acids is 2. The predicted molar refractivity (Wildman–Crippen MR) is 121 cm³/mol. The van der Waals surface area contributed by atoms with Crippen molar-refractivity contribution in [3.8, 4) is 11.5 Å². The molecule has 2 aliphatic rings. The van der Waals surface area contributed by atoms with Crippen LogP contribution < -0.4 is 14.9 Å². The molecule has 1 aromatic heterocycles. The van der Waals surface area contributed by atoms with Gasteiger partial charge in [-0.2, -0.15) is 0 Å². The van der Waals surface area contributed by atoms with E-state index in [2.05, 4.69) is 0 Å². The lowest BCUT2D eigenvalue weighted by Crippen LogP contribution is -2.36. The molecule has 9 nitrogen and oxygen atoms in total. The minimum Gasteiger partial charge on any atom is -0.485 e. The second-order valence-electron chi connectivity index (χ2n) is 9.53. The first-order chi connectivity index (χ1) is 16.0. The first kappa shape index (κ1) is 23.8. The van der Waals surface area contributed by atoms with Crippen LogP contribution in [0.4, 0.5) is 9.18 Å². The molecule has 0 aliphatic carbocycles. The average molecular weight is 477 g/mol. The molecular weight excluding hydrogens is 447 g/mol. The Labute approximate surface area is 196 Å². The van der Waals surface area contributed by atoms with Gasteiger partial charge in [-0.3, -0.25) is 4.79 Å². The number of benzene rings is 1. The van der Waals surface area contributed by atoms with Crippen LogP contribution in [-0.2, 0) is 9.47 Å². The molecule has 3 heterocycles. The van der Waals surface area contributed by atoms with E-state index in [4.69, 9.17) is 18.9 Å². The maximum Gasteiger partial charge on any atom is 0.410 e. The second kappa shape index (κ2) is 8.81. The van der Waals surface area contributed by atoms with Crippen LogP contribution in [0.25, 0.3) is 10.9 Å². The summed E-state index contributed by atoms with van der Waals surface area (Å²) in [7, 11) is 0. The number of carbonyl (C=O) groups is 2. The third-order valence-corrected chi connectivity index (χ3v) is 5.70. The SMILES string of the molecule is CCOC(=O)c1cn2c3c(c(OC4CCN(C(=O)OC(C)(C)C)C4)c(F)cc3c1=O)OCC2C. The number of ether oxygens (including phenoxy) is 4. The number of esters is 1. The average Bonchev–Trinajstić information content (AvgIpc) is 3.22. The summed E-state index contributed by atoms with van der Waals surface area (Å²) in [5.41, 5.74) is -1.06. The van der Waals surface area contributed by atoms with Crippen molar-refractivity contribution in [2.24, 2.45) is 0 Å². The first-order valence-electron chi connectivity index (χ1n) is 11.4. The highest BCUT2D eigenvalue weighted by Gasteiger charge is 2.34. The number of likely N-dealkylation sites (tertiary alicyclic amines) is 1. The Bertz CT molecular complexity index is 1200. The Morgan fingerprint density at radius 2 is 2.03 bits per heavy atom. The zero-order valence-electron chi connectivity index (χ0n) is 20.0. The maximum absolute atomic E-state index is 15.2. The van der Waals surface area contributed by atoms with Crippen molar-refractivity contribution in [1.82, 2.24) is 9.47 Å². The molecule has 0 spiro atoms. The van der Waals surface area contributed by atoms with E-state index in [0.29, 0.717) is 18.5 Å². The molecule has 2 aliphatic heterocycles. The molecule has 0 N–H and O–H groups in total. The van der Waals surface area contributed by atoms with Crippen molar-refractivity contribution in [2.75, 3.05) is 26.3 Å². The van der Waals surface area contributed by atoms with Crippen molar-refractivity contribution in [3.05, 3.63) is 33.9 Å². The normalized spacial score (nSPS) is 19.6. The van der Waals surface area contributed by atoms with Gasteiger partial charge in [0.1, 0.15) is 23.9 Å². The van der Waals surface area contributed by atoms with Gasteiger partial charge >= 0.3 is 12.1 Å². The van der Waals surface area contributed by atoms with Gasteiger partial charge in [0, 0.05) is 19.2 Å². The summed E-state index contributed by atoms with van der Waals surface area (Å²) in [5, 5.41) is 0.0127. The molecule has 1 fully saturated rings. The van der Waals surface area contributed by atoms with E-state index in [1.54, 1.807) is 32.3 Å². The van der Waals surface area contributed by atoms with Crippen LogP contribution in [0.15, 0.2) is 17.1 Å². The summed E-state index contributed by atoms with van der Waals surface area (Å²) in [6.45, 7) is 9.82. The molecule has 34 heavy (non-hydrogen) atoms. The Morgan fingerprint density at radius 3 is 2.71 bits per heavy atom. The van der Waals surface area contributed by atoms with Gasteiger partial charge in [-0.25, -0.2) is 14.0 Å². The molecule has 184 valence electrons. The van der Waals surface area contributed by atoms with Gasteiger partial charge in [0.05, 0.1) is 30.1 Å². The quantitative estimate of drug-likeness (QED) is 0.622. The number of aromatic nitrogens is 1. The third kappa shape index (κ3) is 4.41. The smallest absolute Gasteiger partial charge is 0.410 e. The van der Waals surface area contributed by atoms with Gasteiger partial charge in [-0.15, -0.1) is 0 Å². The summed E-state index contributed by atoms with van der Waals surface area (Å²) in [5.74, 6) is -1.55. The summed E-state index contributed by atoms with van der Waals surface area (Å²) in [6.07, 6.45) is 0.990. The lowest BCUT2D eigenvalue weighted by Gasteiger charge is -2.29. The van der Waals surface area contributed by atoms with Crippen molar-refractivity contribution in [1.29, 1.82) is 0 Å². The van der Waals surface area contributed by atoms with Crippen LogP contribution in [-0.4, -0.2) is 59.5 Å². The zero-order chi connectivity index (χ0) is 24.8. The Morgan fingerprint density at radius 1 is 1.29 bits per heavy atom. The molecule has 2 aromatic rings. The van der Waals surface area contributed by atoms with Crippen molar-refractivity contribution < 1.29 is 32.9 Å². The molecule has 1 amide bonds. The fraction of sp³-hybridized carbons (Fsp3) is 0.542. The van der Waals surface area contributed by atoms with Crippen LogP contribution in [0.2, 0.25) is 0 Å². The van der Waals surface area contributed by atoms with Crippen LogP contribution in [0.3, 0.4) is 0 Å². The largest absolute Gasteiger partial charge is 0.485 e. The van der Waals surface area contributed by atoms with Crippen LogP contribution >= 0.6 is 0 Å². The van der Waals surface area contributed by atoms with E-state index in [1.807, 2.05) is 6.92 Å². The standard InChI is InChI=1S/C24H29FN2O7/c1-6-31-22(29)16-11-27-13(2)12-32-21-18(27)15(19(16)28)9-17(25)20(21)33-14-7-8-26(10-14)23(30)34-24(3,4)5/h9,11,13-14H,6-8,10,12H2,1-5H3. The van der Waals surface area contributed by atoms with Gasteiger partial charge in [0.15, 0.2) is 17.3 Å². The van der Waals surface area contributed by atoms with Gasteiger partial charge in [0.2, 0.25) is 5.43 Å². The summed E-state index contributed by atoms with van der Waals surface area (Å²) in [6, 6.07) is 0.855. The zero-order valence-corrected chi connectivity index (χ0v) is 20.0. The number of hydrogen-bond acceptors (Lipinski definition) is 7. The Kier molecular flexibility index (Phi) is 6.18. The lowest BCUT2D eigenvalue weighted by molar-refractivity contribution is 0.0274. The topological polar surface area (TPSA) is 96.3 Å². The van der Waals surface area contributed by atoms with Gasteiger partial charge in [-0.05, 0) is 40.7 Å². The highest BCUT2D eigenvalue weighted by molar-refractivity contribution is 5.96. The van der Waals surface area contributed by atoms with E-state index < -0.39 is 35.0 Å². The van der Waals surface area contributed by atoms with E-state index in [0.717, 1.165) is 6.07 Å². The van der Waals surface area contributed by atoms with Gasteiger partial charge in [-0.1, -0.05) is 0 Å². The van der Waals surface area contributed by atoms with Gasteiger partial charge < -0.3 is 28.4 Å². The monoisotopic (exact) mass is 476 g/mol. The summed E-state index contributed by atoms with van der Waals surface area (Å²) in [4.78, 5) is 39.2. The third-order valence-electron chi connectivity index (χ3n) is 5.70. The predicted octanol–water partition coefficient (Wildman–Crippen LogP) is 3.66. The summed E-state index contributed by atoms with van der Waals surface area (Å²) < 4.78 is 39.2. The minimum atomic E-state index is -0.780. The van der Waals surface area contributed by atoms with Crippen LogP contribution in [0, 0.1) is 5.82 Å². The first-order valence-corrected chi connectivity index (χ1v) is 11.4. The molecule has 2 atom stereocenters. The molecular formula is C24H29FN2O7. The fourth-order valence-corrected chi connectivity index (χ4v) is 4.15. The van der Waals surface area contributed by atoms with E-state index >= 15 is 4.39 Å². The van der Waals surface area contributed by atoms with E-state index in [-0.39, 0.29) is 48.2 Å². The summed E-state index contributed by atoms with van der Waals surface area (Å²) >= 11 is 0. The van der Waals surface area contributed by atoms with Crippen LogP contribution in [0.5, 0.6) is 11.5 Å². The maximum atomic E-state index is 15.2. The minimum absolute atomic E-state index is 0.0127. The number of hydrogen-bond donors (Lipinski definition) is 0. The van der Waals surface area contributed by atoms with E-state index in [9.17, 15) is 14.4 Å². The molecule has 4 rings (SSSR count). The number of pyridine rings is 1. The Balaban J connectivity index is 1.69. The molecule has 0 radical (unpaired) electrons. The molecule has 2 unspecified atom stereocenters. The highest BCUT2D eigenvalue weighted by atomic mass is 19.1. The molecule has 0 bridgehead atoms. The molecule has 1 saturated heterocycles. The lowest BCUT2D eigenvalue weighted by atomic mass is 10.1. The van der Waals surface area contributed by atoms with Crippen LogP contribution in [0.1, 0.15) is 57.4 Å². The highest BCUT2D eigenvalue weighted by Crippen LogP contribution is 2.42. The number of nitrogens with zero attached hydrogens (tertiary/aromatic N) is 2. The number of rotatable bonds is 4. The molecule has 1 aromatic carbocycles. The fourth-order valence-electron chi connectivity index (χ4n) is 4.15. The second-order valence-corrected chi connectivity index (χ2v) is 9.53. The molecule has 0 saturated carbocycles. The van der Waals surface area contributed by atoms with Crippen molar-refractivity contribution in [2.45, 2.75) is 58.8 Å². The van der Waals surface area contributed by atoms with Crippen molar-refractivity contribution >= 4 is 23.0 Å². The molecule has 10 heteroatoms. The van der Waals surface area contributed by atoms with E-state index in [1.165, 1.54) is 11.1 Å². The van der Waals surface area contributed by atoms with Crippen molar-refractivity contribution in [3.63, 3.8) is 0 Å². The number of halogens is 1. The number of amides is 1. The van der Waals surface area contributed by atoms with Gasteiger partial charge in [0.25, 0.3) is 0 Å². The Hall–Kier alpha value is -3.30.